The van der Waals surface area contributed by atoms with Crippen molar-refractivity contribution in [3.8, 4) is 5.75 Å². The monoisotopic (exact) mass is 397 g/mol. The molecule has 29 heavy (non-hydrogen) atoms. The van der Waals surface area contributed by atoms with E-state index in [4.69, 9.17) is 0 Å². The lowest BCUT2D eigenvalue weighted by molar-refractivity contribution is -0.676. The average molecular weight is 397 g/mol. The molecule has 4 nitrogen and oxygen atoms in total. The number of halogens is 2. The molecule has 0 saturated heterocycles. The molecular formula is C23H23F2N2O2+. The van der Waals surface area contributed by atoms with Crippen LogP contribution in [0.2, 0.25) is 0 Å². The average Bonchev–Trinajstić information content (AvgIpc) is 2.71. The number of carbonyl (C=O) groups is 1. The molecule has 6 heteroatoms. The number of hydrogen-bond donors (Lipinski definition) is 2. The lowest BCUT2D eigenvalue weighted by atomic mass is 9.98. The molecule has 0 radical (unpaired) electrons. The van der Waals surface area contributed by atoms with E-state index in [0.29, 0.717) is 5.69 Å². The molecule has 3 rings (SSSR count). The number of alkyl halides is 2. The molecule has 0 fully saturated rings. The predicted octanol–water partition coefficient (Wildman–Crippen LogP) is 3.89. The van der Waals surface area contributed by atoms with Gasteiger partial charge in [-0.25, -0.2) is 0 Å². The van der Waals surface area contributed by atoms with Crippen molar-refractivity contribution < 1.29 is 23.6 Å². The SMILES string of the molecule is Cc1ccc([C@H]([NH2+]CC(=O)Nc2ccc(OC(F)F)cc2)c2ccccc2)cc1. The fourth-order valence-corrected chi connectivity index (χ4v) is 3.06. The Balaban J connectivity index is 1.64. The van der Waals surface area contributed by atoms with Crippen molar-refractivity contribution in [1.29, 1.82) is 0 Å². The predicted molar refractivity (Wildman–Crippen MR) is 108 cm³/mol. The second-order valence-corrected chi connectivity index (χ2v) is 6.69. The van der Waals surface area contributed by atoms with Crippen LogP contribution in [0.25, 0.3) is 0 Å². The van der Waals surface area contributed by atoms with Crippen LogP contribution < -0.4 is 15.4 Å². The molecule has 3 aromatic rings. The standard InChI is InChI=1S/C23H22F2N2O2/c1-16-7-9-18(10-8-16)22(17-5-3-2-4-6-17)26-15-21(28)27-19-11-13-20(14-12-19)29-23(24)25/h2-14,22-23,26H,15H2,1H3,(H,27,28)/p+1/t22-/m1/s1. The highest BCUT2D eigenvalue weighted by atomic mass is 19.3. The first-order valence-corrected chi connectivity index (χ1v) is 9.31. The Morgan fingerprint density at radius 2 is 1.55 bits per heavy atom. The summed E-state index contributed by atoms with van der Waals surface area (Å²) >= 11 is 0. The smallest absolute Gasteiger partial charge is 0.387 e. The van der Waals surface area contributed by atoms with E-state index in [2.05, 4.69) is 34.3 Å². The van der Waals surface area contributed by atoms with Gasteiger partial charge in [0, 0.05) is 16.8 Å². The van der Waals surface area contributed by atoms with Gasteiger partial charge in [-0.3, -0.25) is 4.79 Å². The molecule has 3 aromatic carbocycles. The summed E-state index contributed by atoms with van der Waals surface area (Å²) in [5.41, 5.74) is 3.93. The van der Waals surface area contributed by atoms with Gasteiger partial charge in [-0.05, 0) is 31.2 Å². The molecular weight excluding hydrogens is 374 g/mol. The zero-order chi connectivity index (χ0) is 20.6. The first-order valence-electron chi connectivity index (χ1n) is 9.31. The molecule has 0 unspecified atom stereocenters. The summed E-state index contributed by atoms with van der Waals surface area (Å²) in [4.78, 5) is 12.4. The van der Waals surface area contributed by atoms with Gasteiger partial charge in [0.1, 0.15) is 11.8 Å². The summed E-state index contributed by atoms with van der Waals surface area (Å²) in [7, 11) is 0. The number of carbonyl (C=O) groups excluding carboxylic acids is 1. The topological polar surface area (TPSA) is 54.9 Å². The van der Waals surface area contributed by atoms with Crippen molar-refractivity contribution in [3.63, 3.8) is 0 Å². The van der Waals surface area contributed by atoms with Gasteiger partial charge in [0.25, 0.3) is 5.91 Å². The number of anilines is 1. The van der Waals surface area contributed by atoms with Crippen molar-refractivity contribution in [2.45, 2.75) is 19.6 Å². The van der Waals surface area contributed by atoms with E-state index in [-0.39, 0.29) is 24.2 Å². The van der Waals surface area contributed by atoms with Crippen molar-refractivity contribution >= 4 is 11.6 Å². The largest absolute Gasteiger partial charge is 0.435 e. The van der Waals surface area contributed by atoms with Crippen LogP contribution in [0.4, 0.5) is 14.5 Å². The molecule has 0 aliphatic rings. The van der Waals surface area contributed by atoms with Crippen LogP contribution in [0.1, 0.15) is 22.7 Å². The van der Waals surface area contributed by atoms with Crippen molar-refractivity contribution in [2.24, 2.45) is 0 Å². The maximum atomic E-state index is 12.4. The summed E-state index contributed by atoms with van der Waals surface area (Å²) in [6, 6.07) is 24.1. The fraction of sp³-hybridized carbons (Fsp3) is 0.174. The van der Waals surface area contributed by atoms with Gasteiger partial charge in [0.05, 0.1) is 0 Å². The number of quaternary nitrogens is 1. The van der Waals surface area contributed by atoms with E-state index < -0.39 is 6.61 Å². The second-order valence-electron chi connectivity index (χ2n) is 6.69. The maximum Gasteiger partial charge on any atom is 0.387 e. The number of nitrogens with one attached hydrogen (secondary N) is 1. The van der Waals surface area contributed by atoms with Gasteiger partial charge in [-0.2, -0.15) is 8.78 Å². The van der Waals surface area contributed by atoms with Crippen molar-refractivity contribution in [3.05, 3.63) is 95.6 Å². The summed E-state index contributed by atoms with van der Waals surface area (Å²) < 4.78 is 28.7. The highest BCUT2D eigenvalue weighted by molar-refractivity contribution is 5.91. The number of amides is 1. The zero-order valence-corrected chi connectivity index (χ0v) is 16.0. The number of ether oxygens (including phenoxy) is 1. The third-order valence-electron chi connectivity index (χ3n) is 4.50. The van der Waals surface area contributed by atoms with Crippen LogP contribution in [-0.2, 0) is 4.79 Å². The number of benzene rings is 3. The Bertz CT molecular complexity index is 914. The molecule has 0 aliphatic carbocycles. The summed E-state index contributed by atoms with van der Waals surface area (Å²) in [6.07, 6.45) is 0. The van der Waals surface area contributed by atoms with Crippen LogP contribution in [0.15, 0.2) is 78.9 Å². The molecule has 0 spiro atoms. The number of hydrogen-bond acceptors (Lipinski definition) is 2. The highest BCUT2D eigenvalue weighted by Crippen LogP contribution is 2.19. The summed E-state index contributed by atoms with van der Waals surface area (Å²) in [5.74, 6) is -0.131. The molecule has 0 aromatic heterocycles. The van der Waals surface area contributed by atoms with Gasteiger partial charge in [-0.15, -0.1) is 0 Å². The van der Waals surface area contributed by atoms with Gasteiger partial charge in [-0.1, -0.05) is 60.2 Å². The van der Waals surface area contributed by atoms with E-state index in [1.54, 1.807) is 0 Å². The van der Waals surface area contributed by atoms with Crippen LogP contribution in [-0.4, -0.2) is 19.1 Å². The van der Waals surface area contributed by atoms with E-state index in [1.807, 2.05) is 42.6 Å². The minimum absolute atomic E-state index is 0.00984. The Morgan fingerprint density at radius 3 is 2.17 bits per heavy atom. The van der Waals surface area contributed by atoms with Crippen LogP contribution in [0.3, 0.4) is 0 Å². The lowest BCUT2D eigenvalue weighted by Crippen LogP contribution is -2.87. The molecule has 0 heterocycles. The third-order valence-corrected chi connectivity index (χ3v) is 4.50. The fourth-order valence-electron chi connectivity index (χ4n) is 3.06. The molecule has 1 atom stereocenters. The number of nitrogens with two attached hydrogens (primary N) is 1. The summed E-state index contributed by atoms with van der Waals surface area (Å²) in [5, 5.41) is 4.75. The van der Waals surface area contributed by atoms with Gasteiger partial charge >= 0.3 is 6.61 Å². The van der Waals surface area contributed by atoms with E-state index in [0.717, 1.165) is 11.1 Å². The first-order chi connectivity index (χ1) is 14.0. The van der Waals surface area contributed by atoms with Crippen molar-refractivity contribution in [1.82, 2.24) is 0 Å². The highest BCUT2D eigenvalue weighted by Gasteiger charge is 2.19. The van der Waals surface area contributed by atoms with Crippen molar-refractivity contribution in [2.75, 3.05) is 11.9 Å². The normalized spacial score (nSPS) is 11.9. The quantitative estimate of drug-likeness (QED) is 0.606. The summed E-state index contributed by atoms with van der Waals surface area (Å²) in [6.45, 7) is -0.625. The van der Waals surface area contributed by atoms with Gasteiger partial charge < -0.3 is 15.4 Å². The van der Waals surface area contributed by atoms with Crippen LogP contribution >= 0.6 is 0 Å². The minimum Gasteiger partial charge on any atom is -0.435 e. The number of aryl methyl sites for hydroxylation is 1. The molecule has 3 N–H and O–H groups in total. The Morgan fingerprint density at radius 1 is 0.931 bits per heavy atom. The molecule has 0 saturated carbocycles. The molecule has 150 valence electrons. The Kier molecular flexibility index (Phi) is 6.92. The van der Waals surface area contributed by atoms with E-state index in [1.165, 1.54) is 29.8 Å². The van der Waals surface area contributed by atoms with Gasteiger partial charge in [0.2, 0.25) is 0 Å². The maximum absolute atomic E-state index is 12.4. The minimum atomic E-state index is -2.87. The van der Waals surface area contributed by atoms with E-state index in [9.17, 15) is 13.6 Å². The lowest BCUT2D eigenvalue weighted by Gasteiger charge is -2.17. The first kappa shape index (κ1) is 20.5. The molecule has 0 aliphatic heterocycles. The van der Waals surface area contributed by atoms with Gasteiger partial charge in [0.15, 0.2) is 6.54 Å². The van der Waals surface area contributed by atoms with Crippen LogP contribution in [0.5, 0.6) is 5.75 Å². The molecule has 1 amide bonds. The number of rotatable bonds is 8. The van der Waals surface area contributed by atoms with E-state index >= 15 is 0 Å². The molecule has 0 bridgehead atoms. The Hall–Kier alpha value is -3.25. The zero-order valence-electron chi connectivity index (χ0n) is 16.0. The Labute approximate surface area is 168 Å². The third kappa shape index (κ3) is 6.12. The van der Waals surface area contributed by atoms with Crippen LogP contribution in [0, 0.1) is 6.92 Å². The second kappa shape index (κ2) is 9.80.